The first-order valence-electron chi connectivity index (χ1n) is 14.6. The molecule has 0 amide bonds. The maximum Gasteiger partial charge on any atom is 0.0538 e. The summed E-state index contributed by atoms with van der Waals surface area (Å²) in [5.74, 6) is 0. The Labute approximate surface area is 254 Å². The fourth-order valence-electron chi connectivity index (χ4n) is 6.86. The molecule has 1 aliphatic carbocycles. The van der Waals surface area contributed by atoms with Crippen molar-refractivity contribution in [2.75, 3.05) is 0 Å². The Hall–Kier alpha value is -5.31. The molecule has 0 saturated carbocycles. The van der Waals surface area contributed by atoms with Crippen molar-refractivity contribution in [3.63, 3.8) is 0 Å². The predicted octanol–water partition coefficient (Wildman–Crippen LogP) is 11.8. The van der Waals surface area contributed by atoms with Crippen LogP contribution in [0, 0.1) is 0 Å². The van der Waals surface area contributed by atoms with E-state index in [1.807, 2.05) is 23.7 Å². The molecule has 2 heteroatoms. The van der Waals surface area contributed by atoms with Crippen molar-refractivity contribution >= 4 is 31.5 Å². The SMILES string of the molecule is c1ccc2c(c1)-c1ccccc1-c1cccc(-c3ccc(-c4cccc5c4sc4cnccc45)cc3)c1-c1ccccc1-2. The standard InChI is InChI=1S/C41H25NS/c1-2-10-31-30(9-1)32-11-3-4-12-34(32)37-17-7-15-28(40(37)36-14-6-5-13-33(31)36)26-19-21-27(22-20-26)29-16-8-18-38-35-23-24-42-25-39(35)43-41(29)38/h1-25H. The monoisotopic (exact) mass is 563 g/mol. The number of benzene rings is 6. The Bertz CT molecular complexity index is 2340. The van der Waals surface area contributed by atoms with Crippen molar-refractivity contribution in [1.29, 1.82) is 0 Å². The van der Waals surface area contributed by atoms with Crippen molar-refractivity contribution in [2.45, 2.75) is 0 Å². The summed E-state index contributed by atoms with van der Waals surface area (Å²) in [6, 6.07) is 51.2. The van der Waals surface area contributed by atoms with Gasteiger partial charge in [-0.2, -0.15) is 0 Å². The van der Waals surface area contributed by atoms with Gasteiger partial charge >= 0.3 is 0 Å². The number of thiophene rings is 1. The highest BCUT2D eigenvalue weighted by Gasteiger charge is 2.23. The molecule has 0 saturated heterocycles. The predicted molar refractivity (Wildman–Crippen MR) is 183 cm³/mol. The van der Waals surface area contributed by atoms with Crippen LogP contribution in [0.25, 0.3) is 86.9 Å². The van der Waals surface area contributed by atoms with Crippen LogP contribution in [-0.2, 0) is 0 Å². The average Bonchev–Trinajstić information content (AvgIpc) is 3.47. The second kappa shape index (κ2) is 9.62. The Morgan fingerprint density at radius 1 is 0.372 bits per heavy atom. The van der Waals surface area contributed by atoms with Gasteiger partial charge in [0, 0.05) is 27.9 Å². The molecule has 43 heavy (non-hydrogen) atoms. The van der Waals surface area contributed by atoms with Crippen LogP contribution in [0.3, 0.4) is 0 Å². The van der Waals surface area contributed by atoms with Gasteiger partial charge in [0.15, 0.2) is 0 Å². The molecule has 1 nitrogen and oxygen atoms in total. The van der Waals surface area contributed by atoms with Crippen LogP contribution in [-0.4, -0.2) is 4.98 Å². The van der Waals surface area contributed by atoms with Gasteiger partial charge in [0.05, 0.1) is 4.70 Å². The molecule has 9 rings (SSSR count). The number of aromatic nitrogens is 1. The van der Waals surface area contributed by atoms with Crippen LogP contribution in [0.2, 0.25) is 0 Å². The normalized spacial score (nSPS) is 11.7. The Balaban J connectivity index is 1.25. The maximum absolute atomic E-state index is 4.36. The fourth-order valence-corrected chi connectivity index (χ4v) is 8.06. The number of fused-ring (bicyclic) bond motifs is 11. The Kier molecular flexibility index (Phi) is 5.44. The molecule has 0 aliphatic heterocycles. The smallest absolute Gasteiger partial charge is 0.0538 e. The van der Waals surface area contributed by atoms with Gasteiger partial charge in [0.25, 0.3) is 0 Å². The molecule has 0 spiro atoms. The largest absolute Gasteiger partial charge is 0.263 e. The van der Waals surface area contributed by atoms with Gasteiger partial charge in [0.1, 0.15) is 0 Å². The number of hydrogen-bond acceptors (Lipinski definition) is 2. The topological polar surface area (TPSA) is 12.9 Å². The first-order chi connectivity index (χ1) is 21.3. The molecule has 200 valence electrons. The summed E-state index contributed by atoms with van der Waals surface area (Å²) in [5.41, 5.74) is 15.1. The minimum atomic E-state index is 1.22. The van der Waals surface area contributed by atoms with Gasteiger partial charge in [-0.05, 0) is 72.8 Å². The van der Waals surface area contributed by atoms with Crippen LogP contribution in [0.5, 0.6) is 0 Å². The lowest BCUT2D eigenvalue weighted by molar-refractivity contribution is 1.37. The number of rotatable bonds is 2. The molecule has 8 aromatic rings. The van der Waals surface area contributed by atoms with E-state index < -0.39 is 0 Å². The molecule has 0 radical (unpaired) electrons. The van der Waals surface area contributed by atoms with E-state index in [4.69, 9.17) is 0 Å². The molecular weight excluding hydrogens is 539 g/mol. The first kappa shape index (κ1) is 24.3. The summed E-state index contributed by atoms with van der Waals surface area (Å²) in [6.07, 6.45) is 3.86. The van der Waals surface area contributed by atoms with E-state index in [2.05, 4.69) is 145 Å². The van der Waals surface area contributed by atoms with Gasteiger partial charge in [-0.1, -0.05) is 133 Å². The summed E-state index contributed by atoms with van der Waals surface area (Å²) in [5, 5.41) is 2.57. The summed E-state index contributed by atoms with van der Waals surface area (Å²) in [7, 11) is 0. The molecule has 1 aliphatic rings. The van der Waals surface area contributed by atoms with Crippen molar-refractivity contribution < 1.29 is 0 Å². The lowest BCUT2D eigenvalue weighted by Gasteiger charge is -2.25. The van der Waals surface area contributed by atoms with Crippen molar-refractivity contribution in [2.24, 2.45) is 0 Å². The van der Waals surface area contributed by atoms with E-state index in [-0.39, 0.29) is 0 Å². The maximum atomic E-state index is 4.36. The zero-order valence-corrected chi connectivity index (χ0v) is 24.1. The van der Waals surface area contributed by atoms with Crippen LogP contribution >= 0.6 is 11.3 Å². The van der Waals surface area contributed by atoms with Crippen molar-refractivity contribution in [3.05, 3.63) is 152 Å². The fraction of sp³-hybridized carbons (Fsp3) is 0. The van der Waals surface area contributed by atoms with Gasteiger partial charge in [-0.3, -0.25) is 4.98 Å². The van der Waals surface area contributed by atoms with E-state index in [1.54, 1.807) is 0 Å². The summed E-state index contributed by atoms with van der Waals surface area (Å²) < 4.78 is 2.54. The molecule has 0 bridgehead atoms. The third-order valence-corrected chi connectivity index (χ3v) is 9.98. The van der Waals surface area contributed by atoms with E-state index >= 15 is 0 Å². The molecular formula is C41H25NS. The highest BCUT2D eigenvalue weighted by Crippen LogP contribution is 2.50. The first-order valence-corrected chi connectivity index (χ1v) is 15.4. The summed E-state index contributed by atoms with van der Waals surface area (Å²) >= 11 is 1.82. The van der Waals surface area contributed by atoms with Crippen molar-refractivity contribution in [3.8, 4) is 66.8 Å². The molecule has 0 N–H and O–H groups in total. The summed E-state index contributed by atoms with van der Waals surface area (Å²) in [6.45, 7) is 0. The Morgan fingerprint density at radius 3 is 1.53 bits per heavy atom. The zero-order valence-electron chi connectivity index (χ0n) is 23.3. The number of hydrogen-bond donors (Lipinski definition) is 0. The highest BCUT2D eigenvalue weighted by molar-refractivity contribution is 7.26. The molecule has 0 atom stereocenters. The van der Waals surface area contributed by atoms with Crippen LogP contribution in [0.1, 0.15) is 0 Å². The van der Waals surface area contributed by atoms with Crippen LogP contribution in [0.15, 0.2) is 152 Å². The lowest BCUT2D eigenvalue weighted by Crippen LogP contribution is -1.98. The zero-order chi connectivity index (χ0) is 28.3. The molecule has 0 unspecified atom stereocenters. The minimum absolute atomic E-state index is 1.22. The second-order valence-corrected chi connectivity index (χ2v) is 12.2. The summed E-state index contributed by atoms with van der Waals surface area (Å²) in [4.78, 5) is 4.36. The number of nitrogens with zero attached hydrogens (tertiary/aromatic N) is 1. The third kappa shape index (κ3) is 3.74. The van der Waals surface area contributed by atoms with Crippen molar-refractivity contribution in [1.82, 2.24) is 4.98 Å². The molecule has 2 heterocycles. The number of pyridine rings is 1. The second-order valence-electron chi connectivity index (χ2n) is 11.1. The van der Waals surface area contributed by atoms with Crippen LogP contribution in [0.4, 0.5) is 0 Å². The van der Waals surface area contributed by atoms with E-state index in [1.165, 1.54) is 86.9 Å². The quantitative estimate of drug-likeness (QED) is 0.204. The third-order valence-electron chi connectivity index (χ3n) is 8.79. The minimum Gasteiger partial charge on any atom is -0.263 e. The average molecular weight is 564 g/mol. The van der Waals surface area contributed by atoms with Gasteiger partial charge in [-0.15, -0.1) is 11.3 Å². The molecule has 2 aromatic heterocycles. The van der Waals surface area contributed by atoms with Crippen LogP contribution < -0.4 is 0 Å². The Morgan fingerprint density at radius 2 is 0.860 bits per heavy atom. The molecule has 0 fully saturated rings. The van der Waals surface area contributed by atoms with E-state index in [9.17, 15) is 0 Å². The van der Waals surface area contributed by atoms with E-state index in [0.717, 1.165) is 0 Å². The van der Waals surface area contributed by atoms with Gasteiger partial charge < -0.3 is 0 Å². The van der Waals surface area contributed by atoms with Gasteiger partial charge in [-0.25, -0.2) is 0 Å². The molecule has 6 aromatic carbocycles. The van der Waals surface area contributed by atoms with E-state index in [0.29, 0.717) is 0 Å². The highest BCUT2D eigenvalue weighted by atomic mass is 32.1. The van der Waals surface area contributed by atoms with Gasteiger partial charge in [0.2, 0.25) is 0 Å². The lowest BCUT2D eigenvalue weighted by atomic mass is 9.78.